The third-order valence-electron chi connectivity index (χ3n) is 6.64. The van der Waals surface area contributed by atoms with E-state index in [1.807, 2.05) is 12.1 Å². The Kier molecular flexibility index (Phi) is 9.25. The Morgan fingerprint density at radius 3 is 2.18 bits per heavy atom. The highest BCUT2D eigenvalue weighted by atomic mass is 32.2. The molecule has 1 saturated heterocycles. The second kappa shape index (κ2) is 12.8. The average Bonchev–Trinajstić information content (AvgIpc) is 2.96. The molecule has 202 valence electrons. The molecule has 3 aromatic rings. The molecule has 0 spiro atoms. The number of nitrogens with zero attached hydrogens (tertiary/aromatic N) is 2. The number of hydrogen-bond acceptors (Lipinski definition) is 6. The summed E-state index contributed by atoms with van der Waals surface area (Å²) in [5.41, 5.74) is 2.49. The van der Waals surface area contributed by atoms with E-state index in [-0.39, 0.29) is 11.4 Å². The molecule has 4 rings (SSSR count). The van der Waals surface area contributed by atoms with Crippen molar-refractivity contribution >= 4 is 21.6 Å². The van der Waals surface area contributed by atoms with Crippen molar-refractivity contribution in [2.45, 2.75) is 37.2 Å². The molecule has 1 heterocycles. The number of rotatable bonds is 11. The maximum Gasteiger partial charge on any atom is 0.264 e. The first-order valence-corrected chi connectivity index (χ1v) is 14.2. The van der Waals surface area contributed by atoms with Gasteiger partial charge in [-0.15, -0.1) is 0 Å². The fraction of sp³-hybridized carbons (Fsp3) is 0.345. The van der Waals surface area contributed by atoms with Gasteiger partial charge in [0, 0.05) is 19.2 Å². The van der Waals surface area contributed by atoms with Gasteiger partial charge in [-0.05, 0) is 61.3 Å². The van der Waals surface area contributed by atoms with Crippen LogP contribution in [0.25, 0.3) is 0 Å². The highest BCUT2D eigenvalue weighted by Gasteiger charge is 2.28. The van der Waals surface area contributed by atoms with Gasteiger partial charge in [-0.1, -0.05) is 48.9 Å². The van der Waals surface area contributed by atoms with Gasteiger partial charge in [0.25, 0.3) is 10.0 Å². The zero-order valence-corrected chi connectivity index (χ0v) is 22.7. The summed E-state index contributed by atoms with van der Waals surface area (Å²) < 4.78 is 38.9. The molecular formula is C29H35N3O5S. The standard InChI is InChI=1S/C29H35N3O5S/c1-36-27-16-15-25(19-28(27)37-2)32(38(34,35)26-9-5-3-6-10-26)22-29(33)30-20-23-11-13-24(14-12-23)21-31-17-7-4-8-18-31/h3,5-6,9-16,19H,4,7-8,17-18,20-22H2,1-2H3,(H,30,33). The lowest BCUT2D eigenvalue weighted by Gasteiger charge is -2.26. The van der Waals surface area contributed by atoms with Gasteiger partial charge in [0.05, 0.1) is 24.8 Å². The number of amides is 1. The zero-order valence-electron chi connectivity index (χ0n) is 21.9. The van der Waals surface area contributed by atoms with Crippen LogP contribution in [0.5, 0.6) is 11.5 Å². The van der Waals surface area contributed by atoms with Crippen LogP contribution in [0.15, 0.2) is 77.7 Å². The Bertz CT molecular complexity index is 1310. The van der Waals surface area contributed by atoms with E-state index in [0.29, 0.717) is 23.7 Å². The van der Waals surface area contributed by atoms with Gasteiger partial charge in [0.15, 0.2) is 11.5 Å². The molecular weight excluding hydrogens is 502 g/mol. The van der Waals surface area contributed by atoms with Crippen LogP contribution < -0.4 is 19.1 Å². The second-order valence-corrected chi connectivity index (χ2v) is 11.2. The largest absolute Gasteiger partial charge is 0.493 e. The van der Waals surface area contributed by atoms with Gasteiger partial charge in [0.2, 0.25) is 5.91 Å². The molecule has 0 aliphatic carbocycles. The highest BCUT2D eigenvalue weighted by Crippen LogP contribution is 2.33. The Hall–Kier alpha value is -3.56. The minimum atomic E-state index is -4.03. The van der Waals surface area contributed by atoms with Crippen LogP contribution in [0.2, 0.25) is 0 Å². The number of methoxy groups -OCH3 is 2. The predicted molar refractivity (Wildman–Crippen MR) is 148 cm³/mol. The molecule has 0 radical (unpaired) electrons. The summed E-state index contributed by atoms with van der Waals surface area (Å²) in [4.78, 5) is 15.6. The quantitative estimate of drug-likeness (QED) is 0.395. The number of sulfonamides is 1. The van der Waals surface area contributed by atoms with Crippen molar-refractivity contribution in [1.29, 1.82) is 0 Å². The topological polar surface area (TPSA) is 88.2 Å². The Labute approximate surface area is 225 Å². The predicted octanol–water partition coefficient (Wildman–Crippen LogP) is 4.20. The first kappa shape index (κ1) is 27.5. The van der Waals surface area contributed by atoms with Crippen molar-refractivity contribution in [3.8, 4) is 11.5 Å². The molecule has 8 nitrogen and oxygen atoms in total. The number of carbonyl (C=O) groups excluding carboxylic acids is 1. The Balaban J connectivity index is 1.47. The maximum atomic E-state index is 13.6. The van der Waals surface area contributed by atoms with Gasteiger partial charge in [-0.2, -0.15) is 0 Å². The average molecular weight is 538 g/mol. The van der Waals surface area contributed by atoms with Crippen LogP contribution in [-0.4, -0.2) is 53.1 Å². The van der Waals surface area contributed by atoms with E-state index in [2.05, 4.69) is 22.3 Å². The van der Waals surface area contributed by atoms with Crippen LogP contribution in [0.3, 0.4) is 0 Å². The number of nitrogens with one attached hydrogen (secondary N) is 1. The van der Waals surface area contributed by atoms with Crippen LogP contribution in [-0.2, 0) is 27.9 Å². The van der Waals surface area contributed by atoms with E-state index >= 15 is 0 Å². The van der Waals surface area contributed by atoms with E-state index in [1.54, 1.807) is 36.4 Å². The minimum Gasteiger partial charge on any atom is -0.493 e. The molecule has 1 aliphatic heterocycles. The summed E-state index contributed by atoms with van der Waals surface area (Å²) in [7, 11) is -1.05. The lowest BCUT2D eigenvalue weighted by atomic mass is 10.1. The Morgan fingerprint density at radius 1 is 0.868 bits per heavy atom. The molecule has 0 saturated carbocycles. The zero-order chi connectivity index (χ0) is 27.0. The summed E-state index contributed by atoms with van der Waals surface area (Å²) in [6.45, 7) is 3.12. The van der Waals surface area contributed by atoms with Gasteiger partial charge in [-0.25, -0.2) is 8.42 Å². The number of likely N-dealkylation sites (tertiary alicyclic amines) is 1. The molecule has 1 N–H and O–H groups in total. The molecule has 0 bridgehead atoms. The van der Waals surface area contributed by atoms with Gasteiger partial charge < -0.3 is 14.8 Å². The van der Waals surface area contributed by atoms with E-state index in [9.17, 15) is 13.2 Å². The summed E-state index contributed by atoms with van der Waals surface area (Å²) in [5, 5.41) is 2.86. The molecule has 0 atom stereocenters. The lowest BCUT2D eigenvalue weighted by molar-refractivity contribution is -0.119. The summed E-state index contributed by atoms with van der Waals surface area (Å²) >= 11 is 0. The van der Waals surface area contributed by atoms with Crippen molar-refractivity contribution in [1.82, 2.24) is 10.2 Å². The molecule has 1 aliphatic rings. The molecule has 1 amide bonds. The van der Waals surface area contributed by atoms with Gasteiger partial charge >= 0.3 is 0 Å². The smallest absolute Gasteiger partial charge is 0.264 e. The number of piperidine rings is 1. The van der Waals surface area contributed by atoms with Crippen molar-refractivity contribution < 1.29 is 22.7 Å². The minimum absolute atomic E-state index is 0.0897. The third kappa shape index (κ3) is 6.85. The number of hydrogen-bond donors (Lipinski definition) is 1. The molecule has 9 heteroatoms. The summed E-state index contributed by atoms with van der Waals surface area (Å²) in [6.07, 6.45) is 3.82. The number of carbonyl (C=O) groups is 1. The fourth-order valence-electron chi connectivity index (χ4n) is 4.54. The molecule has 3 aromatic carbocycles. The van der Waals surface area contributed by atoms with Gasteiger partial charge in [0.1, 0.15) is 6.54 Å². The lowest BCUT2D eigenvalue weighted by Crippen LogP contribution is -2.40. The molecule has 0 aromatic heterocycles. The molecule has 0 unspecified atom stereocenters. The van der Waals surface area contributed by atoms with Crippen LogP contribution in [0.1, 0.15) is 30.4 Å². The van der Waals surface area contributed by atoms with Crippen molar-refractivity contribution in [2.24, 2.45) is 0 Å². The first-order valence-electron chi connectivity index (χ1n) is 12.8. The van der Waals surface area contributed by atoms with Crippen molar-refractivity contribution in [3.05, 3.63) is 83.9 Å². The van der Waals surface area contributed by atoms with E-state index < -0.39 is 15.9 Å². The fourth-order valence-corrected chi connectivity index (χ4v) is 5.97. The summed E-state index contributed by atoms with van der Waals surface area (Å²) in [5.74, 6) is 0.404. The van der Waals surface area contributed by atoms with E-state index in [0.717, 1.165) is 29.5 Å². The van der Waals surface area contributed by atoms with Crippen molar-refractivity contribution in [2.75, 3.05) is 38.2 Å². The van der Waals surface area contributed by atoms with Crippen LogP contribution >= 0.6 is 0 Å². The summed E-state index contributed by atoms with van der Waals surface area (Å²) in [6, 6.07) is 21.0. The van der Waals surface area contributed by atoms with E-state index in [4.69, 9.17) is 9.47 Å². The monoisotopic (exact) mass is 537 g/mol. The van der Waals surface area contributed by atoms with E-state index in [1.165, 1.54) is 51.2 Å². The SMILES string of the molecule is COc1ccc(N(CC(=O)NCc2ccc(CN3CCCCC3)cc2)S(=O)(=O)c2ccccc2)cc1OC. The third-order valence-corrected chi connectivity index (χ3v) is 8.43. The Morgan fingerprint density at radius 2 is 1.53 bits per heavy atom. The second-order valence-electron chi connectivity index (χ2n) is 9.29. The maximum absolute atomic E-state index is 13.6. The van der Waals surface area contributed by atoms with Crippen molar-refractivity contribution in [3.63, 3.8) is 0 Å². The number of benzene rings is 3. The van der Waals surface area contributed by atoms with Crippen LogP contribution in [0, 0.1) is 0 Å². The number of ether oxygens (including phenoxy) is 2. The van der Waals surface area contributed by atoms with Gasteiger partial charge in [-0.3, -0.25) is 14.0 Å². The first-order chi connectivity index (χ1) is 18.4. The normalized spacial score (nSPS) is 14.1. The molecule has 1 fully saturated rings. The van der Waals surface area contributed by atoms with Crippen LogP contribution in [0.4, 0.5) is 5.69 Å². The molecule has 38 heavy (non-hydrogen) atoms. The number of anilines is 1. The highest BCUT2D eigenvalue weighted by molar-refractivity contribution is 7.92.